The third kappa shape index (κ3) is 3.05. The van der Waals surface area contributed by atoms with Gasteiger partial charge in [-0.25, -0.2) is 0 Å². The lowest BCUT2D eigenvalue weighted by Crippen LogP contribution is -2.20. The Balaban J connectivity index is 2.71. The van der Waals surface area contributed by atoms with Crippen LogP contribution in [-0.2, 0) is 10.8 Å². The van der Waals surface area contributed by atoms with Crippen LogP contribution in [0, 0.1) is 0 Å². The van der Waals surface area contributed by atoms with Crippen molar-refractivity contribution >= 4 is 0 Å². The van der Waals surface area contributed by atoms with Crippen LogP contribution in [0.25, 0.3) is 0 Å². The topological polar surface area (TPSA) is 0 Å². The summed E-state index contributed by atoms with van der Waals surface area (Å²) in [7, 11) is 0. The lowest BCUT2D eigenvalue weighted by molar-refractivity contribution is 0.542. The third-order valence-corrected chi connectivity index (χ3v) is 5.08. The molecule has 1 aromatic rings. The largest absolute Gasteiger partial charge is 0.0654 e. The molecule has 1 aliphatic carbocycles. The van der Waals surface area contributed by atoms with Crippen molar-refractivity contribution in [3.8, 4) is 0 Å². The minimum atomic E-state index is 0.246. The highest BCUT2D eigenvalue weighted by molar-refractivity contribution is 5.53. The van der Waals surface area contributed by atoms with Gasteiger partial charge in [0.05, 0.1) is 0 Å². The van der Waals surface area contributed by atoms with Crippen LogP contribution in [0.15, 0.2) is 12.1 Å². The number of hydrogen-bond donors (Lipinski definition) is 0. The van der Waals surface area contributed by atoms with Crippen molar-refractivity contribution in [2.75, 3.05) is 0 Å². The predicted molar refractivity (Wildman–Crippen MR) is 94.5 cm³/mol. The summed E-state index contributed by atoms with van der Waals surface area (Å²) in [6.07, 6.45) is 3.98. The molecule has 0 saturated carbocycles. The van der Waals surface area contributed by atoms with Gasteiger partial charge in [-0.2, -0.15) is 0 Å². The standard InChI is InChI=1S/C21H34/c1-9-10-15-13-14(2)18-16(20(3,4)5)11-12-17(19(15)18)21(6,7)8/h11-12,14-15H,9-10,13H2,1-8H3. The van der Waals surface area contributed by atoms with Gasteiger partial charge in [0.25, 0.3) is 0 Å². The van der Waals surface area contributed by atoms with Crippen LogP contribution in [0.3, 0.4) is 0 Å². The molecule has 0 N–H and O–H groups in total. The molecule has 21 heavy (non-hydrogen) atoms. The fourth-order valence-corrected chi connectivity index (χ4v) is 4.19. The van der Waals surface area contributed by atoms with Crippen LogP contribution in [-0.4, -0.2) is 0 Å². The molecule has 1 aromatic carbocycles. The number of hydrogen-bond acceptors (Lipinski definition) is 0. The van der Waals surface area contributed by atoms with Crippen LogP contribution in [0.1, 0.15) is 109 Å². The number of rotatable bonds is 2. The first-order chi connectivity index (χ1) is 9.57. The maximum Gasteiger partial charge on any atom is -0.0129 e. The first kappa shape index (κ1) is 16.6. The van der Waals surface area contributed by atoms with E-state index in [1.165, 1.54) is 19.3 Å². The summed E-state index contributed by atoms with van der Waals surface area (Å²) in [5.41, 5.74) is 7.06. The van der Waals surface area contributed by atoms with E-state index >= 15 is 0 Å². The maximum atomic E-state index is 2.44. The van der Waals surface area contributed by atoms with Gasteiger partial charge in [0.1, 0.15) is 0 Å². The van der Waals surface area contributed by atoms with Crippen LogP contribution in [0.2, 0.25) is 0 Å². The van der Waals surface area contributed by atoms with Gasteiger partial charge in [-0.05, 0) is 57.8 Å². The zero-order valence-corrected chi connectivity index (χ0v) is 15.4. The van der Waals surface area contributed by atoms with Gasteiger partial charge < -0.3 is 0 Å². The molecule has 0 amide bonds. The lowest BCUT2D eigenvalue weighted by Gasteiger charge is -2.30. The molecule has 2 unspecified atom stereocenters. The van der Waals surface area contributed by atoms with Gasteiger partial charge >= 0.3 is 0 Å². The van der Waals surface area contributed by atoms with E-state index in [2.05, 4.69) is 67.5 Å². The molecule has 0 fully saturated rings. The highest BCUT2D eigenvalue weighted by Gasteiger charge is 2.36. The van der Waals surface area contributed by atoms with Gasteiger partial charge in [0.2, 0.25) is 0 Å². The van der Waals surface area contributed by atoms with E-state index < -0.39 is 0 Å². The van der Waals surface area contributed by atoms with E-state index in [9.17, 15) is 0 Å². The van der Waals surface area contributed by atoms with E-state index in [-0.39, 0.29) is 10.8 Å². The Labute approximate surface area is 132 Å². The first-order valence-electron chi connectivity index (χ1n) is 8.75. The van der Waals surface area contributed by atoms with E-state index in [4.69, 9.17) is 0 Å². The molecule has 0 bridgehead atoms. The van der Waals surface area contributed by atoms with E-state index in [0.717, 1.165) is 5.92 Å². The average Bonchev–Trinajstić information content (AvgIpc) is 2.64. The van der Waals surface area contributed by atoms with Gasteiger partial charge in [-0.3, -0.25) is 0 Å². The maximum absolute atomic E-state index is 2.44. The summed E-state index contributed by atoms with van der Waals surface area (Å²) in [5, 5.41) is 0. The van der Waals surface area contributed by atoms with E-state index in [1.807, 2.05) is 0 Å². The summed E-state index contributed by atoms with van der Waals surface area (Å²) >= 11 is 0. The second kappa shape index (κ2) is 5.45. The molecule has 0 heterocycles. The second-order valence-electron chi connectivity index (χ2n) is 9.11. The quantitative estimate of drug-likeness (QED) is 0.569. The molecule has 0 saturated heterocycles. The molecule has 0 radical (unpaired) electrons. The molecule has 0 nitrogen and oxygen atoms in total. The molecule has 1 aliphatic rings. The fraction of sp³-hybridized carbons (Fsp3) is 0.714. The molecule has 0 aliphatic heterocycles. The van der Waals surface area contributed by atoms with Crippen molar-refractivity contribution in [3.63, 3.8) is 0 Å². The van der Waals surface area contributed by atoms with Gasteiger partial charge in [-0.1, -0.05) is 73.9 Å². The molecule has 0 aromatic heterocycles. The normalized spacial score (nSPS) is 22.5. The van der Waals surface area contributed by atoms with Crippen molar-refractivity contribution in [2.24, 2.45) is 0 Å². The average molecular weight is 287 g/mol. The highest BCUT2D eigenvalue weighted by Crippen LogP contribution is 2.51. The Morgan fingerprint density at radius 3 is 1.81 bits per heavy atom. The Bertz CT molecular complexity index is 508. The summed E-state index contributed by atoms with van der Waals surface area (Å²) in [6, 6.07) is 4.85. The predicted octanol–water partition coefficient (Wildman–Crippen LogP) is 6.67. The fourth-order valence-electron chi connectivity index (χ4n) is 4.19. The summed E-state index contributed by atoms with van der Waals surface area (Å²) < 4.78 is 0. The van der Waals surface area contributed by atoms with Crippen molar-refractivity contribution in [2.45, 2.75) is 97.3 Å². The van der Waals surface area contributed by atoms with Crippen molar-refractivity contribution < 1.29 is 0 Å². The lowest BCUT2D eigenvalue weighted by atomic mass is 9.74. The Kier molecular flexibility index (Phi) is 4.30. The van der Waals surface area contributed by atoms with Crippen molar-refractivity contribution in [1.29, 1.82) is 0 Å². The molecular formula is C21H34. The monoisotopic (exact) mass is 286 g/mol. The zero-order chi connectivity index (χ0) is 16.0. The van der Waals surface area contributed by atoms with E-state index in [1.54, 1.807) is 22.3 Å². The summed E-state index contributed by atoms with van der Waals surface area (Å²) in [6.45, 7) is 18.9. The summed E-state index contributed by atoms with van der Waals surface area (Å²) in [4.78, 5) is 0. The highest BCUT2D eigenvalue weighted by atomic mass is 14.4. The summed E-state index contributed by atoms with van der Waals surface area (Å²) in [5.74, 6) is 1.49. The number of fused-ring (bicyclic) bond motifs is 1. The Morgan fingerprint density at radius 1 is 0.905 bits per heavy atom. The Morgan fingerprint density at radius 2 is 1.38 bits per heavy atom. The molecule has 2 atom stereocenters. The van der Waals surface area contributed by atoms with Gasteiger partial charge in [-0.15, -0.1) is 0 Å². The number of benzene rings is 1. The van der Waals surface area contributed by atoms with Crippen molar-refractivity contribution in [1.82, 2.24) is 0 Å². The van der Waals surface area contributed by atoms with Crippen LogP contribution >= 0.6 is 0 Å². The van der Waals surface area contributed by atoms with Crippen LogP contribution in [0.5, 0.6) is 0 Å². The first-order valence-corrected chi connectivity index (χ1v) is 8.75. The third-order valence-electron chi connectivity index (χ3n) is 5.08. The molecule has 0 heteroatoms. The van der Waals surface area contributed by atoms with Crippen molar-refractivity contribution in [3.05, 3.63) is 34.4 Å². The van der Waals surface area contributed by atoms with Gasteiger partial charge in [0, 0.05) is 0 Å². The zero-order valence-electron chi connectivity index (χ0n) is 15.4. The van der Waals surface area contributed by atoms with Gasteiger partial charge in [0.15, 0.2) is 0 Å². The minimum absolute atomic E-state index is 0.246. The molecule has 2 rings (SSSR count). The second-order valence-corrected chi connectivity index (χ2v) is 9.11. The molecular weight excluding hydrogens is 252 g/mol. The van der Waals surface area contributed by atoms with E-state index in [0.29, 0.717) is 5.92 Å². The SMILES string of the molecule is CCCC1CC(C)c2c(C(C)(C)C)ccc(C(C)(C)C)c21. The smallest absolute Gasteiger partial charge is 0.0129 e. The molecule has 118 valence electrons. The van der Waals surface area contributed by atoms with Crippen LogP contribution < -0.4 is 0 Å². The Hall–Kier alpha value is -0.780. The van der Waals surface area contributed by atoms with Crippen LogP contribution in [0.4, 0.5) is 0 Å². The molecule has 0 spiro atoms. The minimum Gasteiger partial charge on any atom is -0.0654 e.